The second kappa shape index (κ2) is 8.62. The van der Waals surface area contributed by atoms with E-state index in [9.17, 15) is 9.59 Å². The fraction of sp³-hybridized carbons (Fsp3) is 0.905. The Balaban J connectivity index is 1.32. The predicted molar refractivity (Wildman–Crippen MR) is 110 cm³/mol. The van der Waals surface area contributed by atoms with Gasteiger partial charge in [-0.05, 0) is 38.5 Å². The number of piperidine rings is 1. The molecule has 2 saturated carbocycles. The van der Waals surface area contributed by atoms with Gasteiger partial charge in [-0.15, -0.1) is 11.8 Å². The van der Waals surface area contributed by atoms with Crippen LogP contribution in [0.5, 0.6) is 0 Å². The summed E-state index contributed by atoms with van der Waals surface area (Å²) in [6.45, 7) is 2.45. The number of rotatable bonds is 2. The zero-order valence-electron chi connectivity index (χ0n) is 16.6. The fourth-order valence-electron chi connectivity index (χ4n) is 5.48. The first-order valence-electron chi connectivity index (χ1n) is 11.2. The number of hydrogen-bond acceptors (Lipinski definition) is 3. The standard InChI is InChI=1S/C21H35N3O2S/c25-19(17-7-3-1-4-8-17)24-15-16-27-21(24)11-13-23(14-12-21)20(26)22-18-9-5-2-6-10-18/h17-18H,1-16H2,(H,22,26). The summed E-state index contributed by atoms with van der Waals surface area (Å²) < 4.78 is 0. The number of urea groups is 1. The molecule has 27 heavy (non-hydrogen) atoms. The summed E-state index contributed by atoms with van der Waals surface area (Å²) in [6, 6.07) is 0.484. The molecule has 0 radical (unpaired) electrons. The van der Waals surface area contributed by atoms with Gasteiger partial charge < -0.3 is 15.1 Å². The molecular formula is C21H35N3O2S. The quantitative estimate of drug-likeness (QED) is 0.772. The topological polar surface area (TPSA) is 52.7 Å². The van der Waals surface area contributed by atoms with Crippen molar-refractivity contribution in [3.05, 3.63) is 0 Å². The van der Waals surface area contributed by atoms with Gasteiger partial charge in [0.15, 0.2) is 0 Å². The van der Waals surface area contributed by atoms with Gasteiger partial charge in [-0.3, -0.25) is 4.79 Å². The molecule has 3 amide bonds. The SMILES string of the molecule is O=C(NC1CCCCC1)N1CCC2(CC1)SCCN2C(=O)C1CCCCC1. The van der Waals surface area contributed by atoms with E-state index in [0.717, 1.165) is 63.9 Å². The summed E-state index contributed by atoms with van der Waals surface area (Å²) in [5.74, 6) is 1.70. The zero-order chi connectivity index (χ0) is 18.7. The Morgan fingerprint density at radius 1 is 0.852 bits per heavy atom. The van der Waals surface area contributed by atoms with E-state index in [4.69, 9.17) is 0 Å². The lowest BCUT2D eigenvalue weighted by molar-refractivity contribution is -0.140. The zero-order valence-corrected chi connectivity index (χ0v) is 17.4. The summed E-state index contributed by atoms with van der Waals surface area (Å²) in [6.07, 6.45) is 13.7. The van der Waals surface area contributed by atoms with Crippen molar-refractivity contribution >= 4 is 23.7 Å². The van der Waals surface area contributed by atoms with Crippen LogP contribution in [0.2, 0.25) is 0 Å². The Bertz CT molecular complexity index is 536. The lowest BCUT2D eigenvalue weighted by Gasteiger charge is -2.45. The molecule has 5 nitrogen and oxygen atoms in total. The predicted octanol–water partition coefficient (Wildman–Crippen LogP) is 3.98. The van der Waals surface area contributed by atoms with Crippen molar-refractivity contribution in [2.75, 3.05) is 25.4 Å². The number of amides is 3. The number of carbonyl (C=O) groups excluding carboxylic acids is 2. The van der Waals surface area contributed by atoms with Gasteiger partial charge in [0, 0.05) is 37.3 Å². The first-order valence-corrected chi connectivity index (χ1v) is 12.2. The van der Waals surface area contributed by atoms with Crippen molar-refractivity contribution in [1.29, 1.82) is 0 Å². The van der Waals surface area contributed by atoms with Gasteiger partial charge >= 0.3 is 6.03 Å². The van der Waals surface area contributed by atoms with Crippen LogP contribution in [-0.4, -0.2) is 58.0 Å². The molecular weight excluding hydrogens is 358 g/mol. The van der Waals surface area contributed by atoms with E-state index in [1.807, 2.05) is 16.7 Å². The molecule has 0 unspecified atom stereocenters. The van der Waals surface area contributed by atoms with Crippen molar-refractivity contribution < 1.29 is 9.59 Å². The maximum absolute atomic E-state index is 13.2. The van der Waals surface area contributed by atoms with Crippen molar-refractivity contribution in [3.8, 4) is 0 Å². The van der Waals surface area contributed by atoms with Gasteiger partial charge in [-0.1, -0.05) is 38.5 Å². The normalized spacial score (nSPS) is 27.1. The van der Waals surface area contributed by atoms with E-state index < -0.39 is 0 Å². The van der Waals surface area contributed by atoms with E-state index in [1.165, 1.54) is 38.5 Å². The van der Waals surface area contributed by atoms with E-state index in [-0.39, 0.29) is 16.8 Å². The summed E-state index contributed by atoms with van der Waals surface area (Å²) in [5.41, 5.74) is 0. The minimum Gasteiger partial charge on any atom is -0.335 e. The van der Waals surface area contributed by atoms with Crippen molar-refractivity contribution in [1.82, 2.24) is 15.1 Å². The average molecular weight is 394 g/mol. The van der Waals surface area contributed by atoms with E-state index in [2.05, 4.69) is 10.2 Å². The van der Waals surface area contributed by atoms with Crippen LogP contribution in [0.1, 0.15) is 77.0 Å². The highest BCUT2D eigenvalue weighted by Gasteiger charge is 2.48. The first-order chi connectivity index (χ1) is 13.2. The van der Waals surface area contributed by atoms with E-state index in [1.54, 1.807) is 0 Å². The second-order valence-electron chi connectivity index (χ2n) is 8.89. The van der Waals surface area contributed by atoms with Crippen LogP contribution in [0, 0.1) is 5.92 Å². The molecule has 152 valence electrons. The number of likely N-dealkylation sites (tertiary alicyclic amines) is 1. The van der Waals surface area contributed by atoms with Gasteiger partial charge in [0.25, 0.3) is 0 Å². The van der Waals surface area contributed by atoms with Crippen LogP contribution >= 0.6 is 11.8 Å². The Labute approximate surface area is 168 Å². The Morgan fingerprint density at radius 3 is 2.15 bits per heavy atom. The Hall–Kier alpha value is -0.910. The van der Waals surface area contributed by atoms with Crippen molar-refractivity contribution in [2.24, 2.45) is 5.92 Å². The van der Waals surface area contributed by atoms with Crippen LogP contribution in [-0.2, 0) is 4.79 Å². The lowest BCUT2D eigenvalue weighted by Crippen LogP contribution is -2.56. The molecule has 2 aliphatic heterocycles. The molecule has 0 atom stereocenters. The number of carbonyl (C=O) groups is 2. The van der Waals surface area contributed by atoms with Gasteiger partial charge in [-0.2, -0.15) is 0 Å². The minimum absolute atomic E-state index is 0.0455. The number of thioether (sulfide) groups is 1. The fourth-order valence-corrected chi connectivity index (χ4v) is 6.94. The van der Waals surface area contributed by atoms with Crippen LogP contribution < -0.4 is 5.32 Å². The van der Waals surface area contributed by atoms with Crippen LogP contribution in [0.25, 0.3) is 0 Å². The number of hydrogen-bond donors (Lipinski definition) is 1. The monoisotopic (exact) mass is 393 g/mol. The molecule has 4 fully saturated rings. The van der Waals surface area contributed by atoms with Gasteiger partial charge in [0.2, 0.25) is 5.91 Å². The second-order valence-corrected chi connectivity index (χ2v) is 10.3. The maximum Gasteiger partial charge on any atom is 0.317 e. The molecule has 2 saturated heterocycles. The Morgan fingerprint density at radius 2 is 1.48 bits per heavy atom. The molecule has 0 bridgehead atoms. The molecule has 0 aromatic heterocycles. The third-order valence-corrected chi connectivity index (χ3v) is 8.72. The number of nitrogens with one attached hydrogen (secondary N) is 1. The Kier molecular flexibility index (Phi) is 6.20. The highest BCUT2D eigenvalue weighted by Crippen LogP contribution is 2.45. The number of nitrogens with zero attached hydrogens (tertiary/aromatic N) is 2. The highest BCUT2D eigenvalue weighted by molar-refractivity contribution is 8.00. The first kappa shape index (κ1) is 19.4. The summed E-state index contributed by atoms with van der Waals surface area (Å²) in [7, 11) is 0. The molecule has 0 aromatic rings. The molecule has 2 aliphatic carbocycles. The third kappa shape index (κ3) is 4.25. The van der Waals surface area contributed by atoms with Crippen molar-refractivity contribution in [3.63, 3.8) is 0 Å². The largest absolute Gasteiger partial charge is 0.335 e. The minimum atomic E-state index is -0.0455. The average Bonchev–Trinajstić information content (AvgIpc) is 3.12. The van der Waals surface area contributed by atoms with E-state index >= 15 is 0 Å². The molecule has 4 aliphatic rings. The summed E-state index contributed by atoms with van der Waals surface area (Å²) in [4.78, 5) is 30.0. The van der Waals surface area contributed by atoms with Gasteiger partial charge in [0.1, 0.15) is 0 Å². The van der Waals surface area contributed by atoms with Crippen LogP contribution in [0.4, 0.5) is 4.79 Å². The molecule has 4 rings (SSSR count). The smallest absolute Gasteiger partial charge is 0.317 e. The highest BCUT2D eigenvalue weighted by atomic mass is 32.2. The maximum atomic E-state index is 13.2. The molecule has 1 spiro atoms. The lowest BCUT2D eigenvalue weighted by atomic mass is 9.87. The molecule has 0 aromatic carbocycles. The molecule has 6 heteroatoms. The van der Waals surface area contributed by atoms with Gasteiger partial charge in [-0.25, -0.2) is 4.79 Å². The summed E-state index contributed by atoms with van der Waals surface area (Å²) in [5, 5.41) is 3.25. The summed E-state index contributed by atoms with van der Waals surface area (Å²) >= 11 is 1.96. The van der Waals surface area contributed by atoms with E-state index in [0.29, 0.717) is 11.9 Å². The third-order valence-electron chi connectivity index (χ3n) is 7.16. The van der Waals surface area contributed by atoms with Crippen molar-refractivity contribution in [2.45, 2.75) is 88.0 Å². The molecule has 2 heterocycles. The van der Waals surface area contributed by atoms with Gasteiger partial charge in [0.05, 0.1) is 4.87 Å². The van der Waals surface area contributed by atoms with Crippen LogP contribution in [0.3, 0.4) is 0 Å². The molecule has 1 N–H and O–H groups in total. The van der Waals surface area contributed by atoms with Crippen LogP contribution in [0.15, 0.2) is 0 Å².